The van der Waals surface area contributed by atoms with Crippen LogP contribution in [0.25, 0.3) is 5.69 Å². The predicted octanol–water partition coefficient (Wildman–Crippen LogP) is 4.10. The fraction of sp³-hybridized carbons (Fsp3) is 0.211. The molecule has 0 saturated carbocycles. The molecule has 3 rings (SSSR count). The number of nitrogens with zero attached hydrogens (tertiary/aromatic N) is 2. The molecule has 0 amide bonds. The van der Waals surface area contributed by atoms with Crippen LogP contribution >= 0.6 is 11.6 Å². The molecule has 1 heterocycles. The number of anilines is 1. The van der Waals surface area contributed by atoms with E-state index in [9.17, 15) is 26.4 Å². The number of hydrogen-bond acceptors (Lipinski definition) is 3. The van der Waals surface area contributed by atoms with Crippen molar-refractivity contribution in [2.24, 2.45) is 7.05 Å². The van der Waals surface area contributed by atoms with Gasteiger partial charge in [0.1, 0.15) is 5.69 Å². The standard InChI is InChI=1S/C19H17ClF3N3O3S/c1-12-17(24-30(28,29)11-13-6-3-4-9-16(13)20)18(27)26(25(12)2)15-8-5-7-14(10-15)19(21,22)23/h3-10,24H,11H2,1-2H3. The average molecular weight is 460 g/mol. The first kappa shape index (κ1) is 22.0. The second kappa shape index (κ2) is 7.84. The van der Waals surface area contributed by atoms with Gasteiger partial charge in [-0.05, 0) is 36.8 Å². The zero-order valence-electron chi connectivity index (χ0n) is 15.9. The molecule has 11 heteroatoms. The lowest BCUT2D eigenvalue weighted by atomic mass is 10.2. The lowest BCUT2D eigenvalue weighted by molar-refractivity contribution is -0.137. The van der Waals surface area contributed by atoms with Crippen molar-refractivity contribution >= 4 is 27.3 Å². The molecule has 0 atom stereocenters. The number of alkyl halides is 3. The number of sulfonamides is 1. The molecule has 6 nitrogen and oxygen atoms in total. The van der Waals surface area contributed by atoms with E-state index in [4.69, 9.17) is 11.6 Å². The molecule has 0 radical (unpaired) electrons. The van der Waals surface area contributed by atoms with Crippen molar-refractivity contribution in [3.05, 3.63) is 80.7 Å². The maximum atomic E-state index is 13.0. The van der Waals surface area contributed by atoms with Crippen molar-refractivity contribution in [3.8, 4) is 5.69 Å². The first-order valence-electron chi connectivity index (χ1n) is 8.61. The highest BCUT2D eigenvalue weighted by atomic mass is 35.5. The minimum Gasteiger partial charge on any atom is -0.283 e. The molecular formula is C19H17ClF3N3O3S. The van der Waals surface area contributed by atoms with Gasteiger partial charge in [-0.1, -0.05) is 35.9 Å². The highest BCUT2D eigenvalue weighted by Crippen LogP contribution is 2.30. The smallest absolute Gasteiger partial charge is 0.283 e. The second-order valence-electron chi connectivity index (χ2n) is 6.60. The van der Waals surface area contributed by atoms with Crippen molar-refractivity contribution in [1.29, 1.82) is 0 Å². The summed E-state index contributed by atoms with van der Waals surface area (Å²) in [5.74, 6) is -0.468. The van der Waals surface area contributed by atoms with E-state index in [1.54, 1.807) is 24.3 Å². The molecule has 2 aromatic carbocycles. The Hall–Kier alpha value is -2.72. The van der Waals surface area contributed by atoms with Gasteiger partial charge in [0.05, 0.1) is 22.7 Å². The van der Waals surface area contributed by atoms with Gasteiger partial charge in [0.15, 0.2) is 0 Å². The molecule has 1 aromatic heterocycles. The quantitative estimate of drug-likeness (QED) is 0.624. The average Bonchev–Trinajstić information content (AvgIpc) is 2.86. The third kappa shape index (κ3) is 4.39. The molecule has 1 N–H and O–H groups in total. The molecular weight excluding hydrogens is 443 g/mol. The number of hydrogen-bond donors (Lipinski definition) is 1. The predicted molar refractivity (Wildman–Crippen MR) is 108 cm³/mol. The first-order chi connectivity index (χ1) is 13.9. The Morgan fingerprint density at radius 1 is 1.10 bits per heavy atom. The van der Waals surface area contributed by atoms with Crippen LogP contribution in [0.3, 0.4) is 0 Å². The number of rotatable bonds is 5. The summed E-state index contributed by atoms with van der Waals surface area (Å²) in [7, 11) is -2.57. The summed E-state index contributed by atoms with van der Waals surface area (Å²) in [6.07, 6.45) is -4.58. The first-order valence-corrected chi connectivity index (χ1v) is 10.6. The lowest BCUT2D eigenvalue weighted by Gasteiger charge is -2.11. The number of aromatic nitrogens is 2. The van der Waals surface area contributed by atoms with Gasteiger partial charge in [-0.25, -0.2) is 13.1 Å². The van der Waals surface area contributed by atoms with Gasteiger partial charge < -0.3 is 0 Å². The van der Waals surface area contributed by atoms with Crippen LogP contribution in [-0.2, 0) is 29.0 Å². The Balaban J connectivity index is 2.01. The number of benzene rings is 2. The van der Waals surface area contributed by atoms with Crippen LogP contribution in [0.4, 0.5) is 18.9 Å². The van der Waals surface area contributed by atoms with Crippen molar-refractivity contribution < 1.29 is 21.6 Å². The van der Waals surface area contributed by atoms with E-state index < -0.39 is 33.1 Å². The van der Waals surface area contributed by atoms with Crippen LogP contribution in [0.2, 0.25) is 5.02 Å². The summed E-state index contributed by atoms with van der Waals surface area (Å²) in [6, 6.07) is 10.6. The fourth-order valence-electron chi connectivity index (χ4n) is 2.94. The summed E-state index contributed by atoms with van der Waals surface area (Å²) in [4.78, 5) is 12.9. The molecule has 0 saturated heterocycles. The molecule has 0 bridgehead atoms. The van der Waals surface area contributed by atoms with Crippen molar-refractivity contribution in [1.82, 2.24) is 9.36 Å². The Labute approximate surface area is 175 Å². The Morgan fingerprint density at radius 2 is 1.77 bits per heavy atom. The third-order valence-electron chi connectivity index (χ3n) is 4.53. The SMILES string of the molecule is Cc1c(NS(=O)(=O)Cc2ccccc2Cl)c(=O)n(-c2cccc(C(F)(F)F)c2)n1C. The van der Waals surface area contributed by atoms with Gasteiger partial charge in [-0.2, -0.15) is 13.2 Å². The second-order valence-corrected chi connectivity index (χ2v) is 8.73. The van der Waals surface area contributed by atoms with E-state index >= 15 is 0 Å². The summed E-state index contributed by atoms with van der Waals surface area (Å²) >= 11 is 6.00. The Bertz CT molecular complexity index is 1260. The Morgan fingerprint density at radius 3 is 2.40 bits per heavy atom. The number of nitrogens with one attached hydrogen (secondary N) is 1. The van der Waals surface area contributed by atoms with Crippen LogP contribution in [0, 0.1) is 6.92 Å². The normalized spacial score (nSPS) is 12.2. The molecule has 0 aliphatic heterocycles. The summed E-state index contributed by atoms with van der Waals surface area (Å²) in [5, 5.41) is 0.258. The third-order valence-corrected chi connectivity index (χ3v) is 6.11. The minimum absolute atomic E-state index is 0.0445. The van der Waals surface area contributed by atoms with E-state index in [1.165, 1.54) is 30.8 Å². The molecule has 0 fully saturated rings. The molecule has 3 aromatic rings. The van der Waals surface area contributed by atoms with Gasteiger partial charge in [-0.3, -0.25) is 14.2 Å². The lowest BCUT2D eigenvalue weighted by Crippen LogP contribution is -2.24. The van der Waals surface area contributed by atoms with E-state index in [0.717, 1.165) is 16.8 Å². The van der Waals surface area contributed by atoms with Gasteiger partial charge in [0.2, 0.25) is 10.0 Å². The molecule has 0 aliphatic rings. The maximum absolute atomic E-state index is 13.0. The topological polar surface area (TPSA) is 73.1 Å². The van der Waals surface area contributed by atoms with Crippen molar-refractivity contribution in [2.45, 2.75) is 18.9 Å². The van der Waals surface area contributed by atoms with E-state index in [-0.39, 0.29) is 22.1 Å². The zero-order chi connectivity index (χ0) is 22.3. The Kier molecular flexibility index (Phi) is 5.74. The van der Waals surface area contributed by atoms with Crippen LogP contribution in [0.1, 0.15) is 16.8 Å². The minimum atomic E-state index is -4.58. The molecule has 160 valence electrons. The molecule has 30 heavy (non-hydrogen) atoms. The van der Waals surface area contributed by atoms with Gasteiger partial charge in [-0.15, -0.1) is 0 Å². The van der Waals surface area contributed by atoms with E-state index in [0.29, 0.717) is 5.56 Å². The summed E-state index contributed by atoms with van der Waals surface area (Å²) < 4.78 is 68.8. The van der Waals surface area contributed by atoms with Crippen LogP contribution in [0.15, 0.2) is 53.3 Å². The van der Waals surface area contributed by atoms with E-state index in [1.807, 2.05) is 0 Å². The molecule has 0 spiro atoms. The largest absolute Gasteiger partial charge is 0.416 e. The van der Waals surface area contributed by atoms with Gasteiger partial charge >= 0.3 is 6.18 Å². The molecule has 0 unspecified atom stereocenters. The van der Waals surface area contributed by atoms with Gasteiger partial charge in [0, 0.05) is 12.1 Å². The van der Waals surface area contributed by atoms with E-state index in [2.05, 4.69) is 4.72 Å². The van der Waals surface area contributed by atoms with Gasteiger partial charge in [0.25, 0.3) is 5.56 Å². The highest BCUT2D eigenvalue weighted by molar-refractivity contribution is 7.91. The highest BCUT2D eigenvalue weighted by Gasteiger charge is 2.31. The van der Waals surface area contributed by atoms with Crippen LogP contribution < -0.4 is 10.3 Å². The maximum Gasteiger partial charge on any atom is 0.416 e. The van der Waals surface area contributed by atoms with Crippen molar-refractivity contribution in [2.75, 3.05) is 4.72 Å². The summed E-state index contributed by atoms with van der Waals surface area (Å²) in [6.45, 7) is 1.48. The number of halogens is 4. The van der Waals surface area contributed by atoms with Crippen molar-refractivity contribution in [3.63, 3.8) is 0 Å². The molecule has 0 aliphatic carbocycles. The summed E-state index contributed by atoms with van der Waals surface area (Å²) in [5.41, 5.74) is -1.43. The van der Waals surface area contributed by atoms with Crippen LogP contribution in [0.5, 0.6) is 0 Å². The fourth-order valence-corrected chi connectivity index (χ4v) is 4.50. The zero-order valence-corrected chi connectivity index (χ0v) is 17.4. The monoisotopic (exact) mass is 459 g/mol. The van der Waals surface area contributed by atoms with Crippen LogP contribution in [-0.4, -0.2) is 17.8 Å².